The number of carbonyl (C=O) groups is 1. The van der Waals surface area contributed by atoms with E-state index in [0.29, 0.717) is 16.7 Å². The molecule has 24 heavy (non-hydrogen) atoms. The first-order valence-electron chi connectivity index (χ1n) is 7.21. The number of hydrogen-bond donors (Lipinski definition) is 1. The summed E-state index contributed by atoms with van der Waals surface area (Å²) in [6, 6.07) is 9.59. The van der Waals surface area contributed by atoms with Crippen molar-refractivity contribution in [3.63, 3.8) is 0 Å². The van der Waals surface area contributed by atoms with Crippen LogP contribution < -0.4 is 5.32 Å². The molecule has 0 bridgehead atoms. The highest BCUT2D eigenvalue weighted by atomic mass is 32.2. The van der Waals surface area contributed by atoms with E-state index < -0.39 is 11.1 Å². The molecule has 0 aliphatic heterocycles. The van der Waals surface area contributed by atoms with Crippen LogP contribution in [0, 0.1) is 5.82 Å². The average Bonchev–Trinajstić information content (AvgIpc) is 3.20. The van der Waals surface area contributed by atoms with Gasteiger partial charge in [0.15, 0.2) is 16.7 Å². The Bertz CT molecular complexity index is 848. The van der Waals surface area contributed by atoms with Crippen molar-refractivity contribution < 1.29 is 13.6 Å². The minimum Gasteiger partial charge on any atom is -0.461 e. The smallest absolute Gasteiger partial charge is 0.237 e. The van der Waals surface area contributed by atoms with Gasteiger partial charge in [-0.25, -0.2) is 4.39 Å². The van der Waals surface area contributed by atoms with Gasteiger partial charge in [-0.1, -0.05) is 23.9 Å². The molecule has 0 unspecified atom stereocenters. The first-order chi connectivity index (χ1) is 11.6. The average molecular weight is 346 g/mol. The number of hydrogen-bond acceptors (Lipinski definition) is 5. The molecular formula is C16H15FN4O2S. The molecule has 1 aromatic carbocycles. The van der Waals surface area contributed by atoms with E-state index in [1.807, 2.05) is 0 Å². The van der Waals surface area contributed by atoms with Gasteiger partial charge in [-0.3, -0.25) is 4.79 Å². The number of para-hydroxylation sites is 1. The molecule has 3 aromatic rings. The van der Waals surface area contributed by atoms with Crippen LogP contribution in [0.4, 0.5) is 10.1 Å². The molecule has 6 nitrogen and oxygen atoms in total. The van der Waals surface area contributed by atoms with E-state index in [0.717, 1.165) is 0 Å². The molecule has 2 aromatic heterocycles. The lowest BCUT2D eigenvalue weighted by Gasteiger charge is -2.12. The number of thioether (sulfide) groups is 1. The molecule has 1 amide bonds. The van der Waals surface area contributed by atoms with Crippen LogP contribution in [-0.2, 0) is 11.8 Å². The van der Waals surface area contributed by atoms with Crippen molar-refractivity contribution in [3.8, 4) is 11.6 Å². The van der Waals surface area contributed by atoms with Gasteiger partial charge in [0, 0.05) is 7.05 Å². The van der Waals surface area contributed by atoms with E-state index >= 15 is 0 Å². The maximum atomic E-state index is 13.6. The lowest BCUT2D eigenvalue weighted by atomic mass is 10.3. The van der Waals surface area contributed by atoms with Gasteiger partial charge in [-0.15, -0.1) is 10.2 Å². The lowest BCUT2D eigenvalue weighted by molar-refractivity contribution is -0.115. The molecule has 1 N–H and O–H groups in total. The van der Waals surface area contributed by atoms with Crippen LogP contribution in [0.1, 0.15) is 6.92 Å². The molecule has 0 fully saturated rings. The van der Waals surface area contributed by atoms with E-state index in [9.17, 15) is 9.18 Å². The molecule has 3 rings (SSSR count). The van der Waals surface area contributed by atoms with Crippen LogP contribution in [0.15, 0.2) is 52.2 Å². The first kappa shape index (κ1) is 16.3. The fraction of sp³-hybridized carbons (Fsp3) is 0.188. The summed E-state index contributed by atoms with van der Waals surface area (Å²) in [6.45, 7) is 1.72. The topological polar surface area (TPSA) is 73.0 Å². The Morgan fingerprint density at radius 2 is 2.08 bits per heavy atom. The van der Waals surface area contributed by atoms with Crippen LogP contribution in [-0.4, -0.2) is 25.9 Å². The molecule has 1 atom stereocenters. The summed E-state index contributed by atoms with van der Waals surface area (Å²) in [4.78, 5) is 12.2. The highest BCUT2D eigenvalue weighted by Gasteiger charge is 2.20. The maximum absolute atomic E-state index is 13.6. The van der Waals surface area contributed by atoms with E-state index in [4.69, 9.17) is 4.42 Å². The zero-order valence-corrected chi connectivity index (χ0v) is 13.9. The Morgan fingerprint density at radius 1 is 1.29 bits per heavy atom. The Labute approximate surface area is 142 Å². The molecule has 124 valence electrons. The predicted octanol–water partition coefficient (Wildman–Crippen LogP) is 3.33. The van der Waals surface area contributed by atoms with E-state index in [1.54, 1.807) is 49.1 Å². The van der Waals surface area contributed by atoms with Gasteiger partial charge in [0.25, 0.3) is 0 Å². The molecule has 0 spiro atoms. The summed E-state index contributed by atoms with van der Waals surface area (Å²) >= 11 is 1.23. The standard InChI is InChI=1S/C16H15FN4O2S/c1-10(15(22)18-12-7-4-3-6-11(12)17)24-16-20-19-14(21(16)2)13-8-5-9-23-13/h3-10H,1-2H3,(H,18,22)/t10-/m1/s1. The fourth-order valence-electron chi connectivity index (χ4n) is 2.05. The van der Waals surface area contributed by atoms with Crippen molar-refractivity contribution in [2.75, 3.05) is 5.32 Å². The fourth-order valence-corrected chi connectivity index (χ4v) is 2.86. The maximum Gasteiger partial charge on any atom is 0.237 e. The van der Waals surface area contributed by atoms with Crippen LogP contribution >= 0.6 is 11.8 Å². The van der Waals surface area contributed by atoms with Crippen molar-refractivity contribution in [1.82, 2.24) is 14.8 Å². The summed E-state index contributed by atoms with van der Waals surface area (Å²) in [5.74, 6) is 0.388. The first-order valence-corrected chi connectivity index (χ1v) is 8.09. The summed E-state index contributed by atoms with van der Waals surface area (Å²) in [5.41, 5.74) is 0.157. The zero-order chi connectivity index (χ0) is 17.1. The number of nitrogens with one attached hydrogen (secondary N) is 1. The SMILES string of the molecule is C[C@@H](Sc1nnc(-c2ccco2)n1C)C(=O)Nc1ccccc1F. The molecule has 0 saturated carbocycles. The normalized spacial score (nSPS) is 12.1. The number of aromatic nitrogens is 3. The van der Waals surface area contributed by atoms with E-state index in [1.165, 1.54) is 23.9 Å². The lowest BCUT2D eigenvalue weighted by Crippen LogP contribution is -2.23. The minimum atomic E-state index is -0.475. The van der Waals surface area contributed by atoms with Crippen molar-refractivity contribution in [3.05, 3.63) is 48.5 Å². The van der Waals surface area contributed by atoms with Crippen LogP contribution in [0.2, 0.25) is 0 Å². The zero-order valence-electron chi connectivity index (χ0n) is 13.1. The molecule has 8 heteroatoms. The number of furan rings is 1. The number of rotatable bonds is 5. The molecule has 2 heterocycles. The monoisotopic (exact) mass is 346 g/mol. The van der Waals surface area contributed by atoms with Crippen molar-refractivity contribution in [2.45, 2.75) is 17.3 Å². The van der Waals surface area contributed by atoms with Crippen molar-refractivity contribution >= 4 is 23.4 Å². The Kier molecular flexibility index (Phi) is 4.66. The number of benzene rings is 1. The van der Waals surface area contributed by atoms with Gasteiger partial charge in [-0.05, 0) is 31.2 Å². The van der Waals surface area contributed by atoms with Crippen LogP contribution in [0.5, 0.6) is 0 Å². The molecule has 0 aliphatic rings. The Balaban J connectivity index is 1.70. The summed E-state index contributed by atoms with van der Waals surface area (Å²) in [7, 11) is 1.79. The number of anilines is 1. The minimum absolute atomic E-state index is 0.157. The Morgan fingerprint density at radius 3 is 2.79 bits per heavy atom. The van der Waals surface area contributed by atoms with Gasteiger partial charge in [0.2, 0.25) is 5.91 Å². The van der Waals surface area contributed by atoms with Gasteiger partial charge >= 0.3 is 0 Å². The van der Waals surface area contributed by atoms with Crippen molar-refractivity contribution in [2.24, 2.45) is 7.05 Å². The third kappa shape index (κ3) is 3.33. The third-order valence-corrected chi connectivity index (χ3v) is 4.49. The number of nitrogens with zero attached hydrogens (tertiary/aromatic N) is 3. The summed E-state index contributed by atoms with van der Waals surface area (Å²) in [6.07, 6.45) is 1.56. The van der Waals surface area contributed by atoms with Crippen LogP contribution in [0.3, 0.4) is 0 Å². The van der Waals surface area contributed by atoms with Gasteiger partial charge in [0.1, 0.15) is 5.82 Å². The van der Waals surface area contributed by atoms with Gasteiger partial charge in [-0.2, -0.15) is 0 Å². The summed E-state index contributed by atoms with van der Waals surface area (Å²) in [5, 5.41) is 10.8. The van der Waals surface area contributed by atoms with E-state index in [2.05, 4.69) is 15.5 Å². The molecule has 0 aliphatic carbocycles. The second-order valence-corrected chi connectivity index (χ2v) is 6.38. The van der Waals surface area contributed by atoms with Gasteiger partial charge in [0.05, 0.1) is 17.2 Å². The quantitative estimate of drug-likeness (QED) is 0.717. The molecular weight excluding hydrogens is 331 g/mol. The Hall–Kier alpha value is -2.61. The van der Waals surface area contributed by atoms with Crippen LogP contribution in [0.25, 0.3) is 11.6 Å². The largest absolute Gasteiger partial charge is 0.461 e. The van der Waals surface area contributed by atoms with E-state index in [-0.39, 0.29) is 11.6 Å². The molecule has 0 saturated heterocycles. The number of amides is 1. The predicted molar refractivity (Wildman–Crippen MR) is 89.1 cm³/mol. The summed E-state index contributed by atoms with van der Waals surface area (Å²) < 4.78 is 20.7. The number of halogens is 1. The number of carbonyl (C=O) groups excluding carboxylic acids is 1. The van der Waals surface area contributed by atoms with Gasteiger partial charge < -0.3 is 14.3 Å². The van der Waals surface area contributed by atoms with Crippen molar-refractivity contribution in [1.29, 1.82) is 0 Å². The highest BCUT2D eigenvalue weighted by molar-refractivity contribution is 8.00. The second-order valence-electron chi connectivity index (χ2n) is 5.07. The third-order valence-electron chi connectivity index (χ3n) is 3.36. The molecule has 0 radical (unpaired) electrons. The highest BCUT2D eigenvalue weighted by Crippen LogP contribution is 2.26. The second kappa shape index (κ2) is 6.88.